The van der Waals surface area contributed by atoms with Crippen molar-refractivity contribution in [3.63, 3.8) is 0 Å². The van der Waals surface area contributed by atoms with Crippen LogP contribution >= 0.6 is 34.5 Å². The highest BCUT2D eigenvalue weighted by atomic mass is 35.5. The molecule has 2 aromatic heterocycles. The number of ether oxygens (including phenoxy) is 1. The van der Waals surface area contributed by atoms with Crippen LogP contribution in [0.3, 0.4) is 0 Å². The van der Waals surface area contributed by atoms with Crippen molar-refractivity contribution in [2.75, 3.05) is 35.9 Å². The molecule has 0 radical (unpaired) electrons. The Labute approximate surface area is 388 Å². The highest BCUT2D eigenvalue weighted by Crippen LogP contribution is 2.64. The molecule has 13 nitrogen and oxygen atoms in total. The fourth-order valence-electron chi connectivity index (χ4n) is 10.6. The van der Waals surface area contributed by atoms with Crippen LogP contribution in [0.15, 0.2) is 107 Å². The van der Waals surface area contributed by atoms with Gasteiger partial charge in [-0.2, -0.15) is 15.3 Å². The molecule has 4 amide bonds. The number of allylic oxidation sites excluding steroid dienone is 2. The number of imide groups is 2. The quantitative estimate of drug-likeness (QED) is 0.0900. The summed E-state index contributed by atoms with van der Waals surface area (Å²) in [6, 6.07) is 25.1. The highest BCUT2D eigenvalue weighted by molar-refractivity contribution is 7.22. The van der Waals surface area contributed by atoms with Crippen molar-refractivity contribution in [3.05, 3.63) is 118 Å². The molecule has 6 atom stereocenters. The van der Waals surface area contributed by atoms with E-state index in [-0.39, 0.29) is 41.2 Å². The van der Waals surface area contributed by atoms with Crippen LogP contribution in [0.4, 0.5) is 28.6 Å². The maximum Gasteiger partial charge on any atom is 0.242 e. The summed E-state index contributed by atoms with van der Waals surface area (Å²) in [7, 11) is 7.03. The van der Waals surface area contributed by atoms with E-state index >= 15 is 9.59 Å². The van der Waals surface area contributed by atoms with Gasteiger partial charge in [0.05, 0.1) is 57.2 Å². The number of fused-ring (bicyclic) bond motifs is 5. The normalized spacial score (nSPS) is 23.9. The monoisotopic (exact) mass is 927 g/mol. The number of phenols is 1. The lowest BCUT2D eigenvalue weighted by atomic mass is 9.51. The van der Waals surface area contributed by atoms with Gasteiger partial charge in [-0.1, -0.05) is 34.9 Å². The molecule has 16 heteroatoms. The van der Waals surface area contributed by atoms with Crippen LogP contribution in [0.2, 0.25) is 10.0 Å². The number of hydrogen-bond donors (Lipinski definition) is 1. The van der Waals surface area contributed by atoms with Gasteiger partial charge >= 0.3 is 0 Å². The lowest BCUT2D eigenvalue weighted by Crippen LogP contribution is -2.49. The van der Waals surface area contributed by atoms with E-state index < -0.39 is 46.8 Å². The third-order valence-corrected chi connectivity index (χ3v) is 15.7. The van der Waals surface area contributed by atoms with Crippen molar-refractivity contribution in [2.45, 2.75) is 32.6 Å². The Hall–Kier alpha value is -6.35. The first kappa shape index (κ1) is 42.6. The Morgan fingerprint density at radius 1 is 0.877 bits per heavy atom. The number of aromatic nitrogens is 2. The number of methoxy groups -OCH3 is 1. The lowest BCUT2D eigenvalue weighted by molar-refractivity contribution is -0.131. The van der Waals surface area contributed by atoms with Gasteiger partial charge in [-0.3, -0.25) is 28.8 Å². The largest absolute Gasteiger partial charge is 0.503 e. The number of thiophene rings is 1. The van der Waals surface area contributed by atoms with Crippen LogP contribution in [0.5, 0.6) is 11.5 Å². The first-order chi connectivity index (χ1) is 31.1. The predicted octanol–water partition coefficient (Wildman–Crippen LogP) is 10.5. The fraction of sp³-hybridized carbons (Fsp3) is 0.286. The summed E-state index contributed by atoms with van der Waals surface area (Å²) < 4.78 is 8.12. The number of phenolic OH excluding ortho intramolecular Hbond substituents is 1. The Balaban J connectivity index is 1.01. The second-order valence-corrected chi connectivity index (χ2v) is 19.5. The summed E-state index contributed by atoms with van der Waals surface area (Å²) in [6.07, 6.45) is 2.35. The molecule has 2 aliphatic heterocycles. The van der Waals surface area contributed by atoms with E-state index in [0.29, 0.717) is 39.2 Å². The molecule has 330 valence electrons. The van der Waals surface area contributed by atoms with Gasteiger partial charge in [-0.15, -0.1) is 11.3 Å². The molecule has 4 aliphatic rings. The minimum absolute atomic E-state index is 0.00400. The van der Waals surface area contributed by atoms with Crippen LogP contribution in [0.25, 0.3) is 20.7 Å². The summed E-state index contributed by atoms with van der Waals surface area (Å²) in [5.74, 6) is -5.22. The predicted molar refractivity (Wildman–Crippen MR) is 252 cm³/mol. The van der Waals surface area contributed by atoms with Gasteiger partial charge in [-0.05, 0) is 128 Å². The molecule has 0 unspecified atom stereocenters. The number of carbonyl (C=O) groups is 4. The van der Waals surface area contributed by atoms with Crippen molar-refractivity contribution >= 4 is 96.8 Å². The van der Waals surface area contributed by atoms with E-state index in [0.717, 1.165) is 31.8 Å². The zero-order valence-electron chi connectivity index (χ0n) is 36.2. The maximum atomic E-state index is 15.3. The summed E-state index contributed by atoms with van der Waals surface area (Å²) in [4.78, 5) is 64.9. The second-order valence-electron chi connectivity index (χ2n) is 17.6. The molecule has 2 saturated heterocycles. The standard InChI is InChI=1S/C49H43Cl2N7O6S/c1-24-33-21-26(50)7-18-39(33)65-44(24)37-23-40(56(5)54-37)58-46(61)35-22-34-31(42(49(35,2)48(58)63)25-19-36(51)43(59)38(20-25)64-6)16-17-32-41(34)47(62)57(45(32)60)30-14-10-28(11-15-30)53-52-27-8-12-29(13-9-27)55(3)4/h7-16,18-21,23,32,34-35,41-42,59H,17,22H2,1-6H3/t32-,34+,35-,41-,42-,49+/m0/s1. The maximum absolute atomic E-state index is 15.3. The number of aryl methyl sites for hydroxylation is 2. The van der Waals surface area contributed by atoms with Gasteiger partial charge in [0.1, 0.15) is 11.5 Å². The molecule has 10 rings (SSSR count). The molecule has 0 bridgehead atoms. The number of rotatable bonds is 8. The summed E-state index contributed by atoms with van der Waals surface area (Å²) in [6.45, 7) is 3.79. The third-order valence-electron chi connectivity index (χ3n) is 13.8. The molecular weight excluding hydrogens is 886 g/mol. The van der Waals surface area contributed by atoms with Crippen LogP contribution in [-0.2, 0) is 26.2 Å². The van der Waals surface area contributed by atoms with Crippen molar-refractivity contribution < 1.29 is 29.0 Å². The van der Waals surface area contributed by atoms with Crippen molar-refractivity contribution in [2.24, 2.45) is 46.4 Å². The first-order valence-electron chi connectivity index (χ1n) is 21.2. The highest BCUT2D eigenvalue weighted by Gasteiger charge is 2.68. The molecule has 2 aliphatic carbocycles. The Kier molecular flexibility index (Phi) is 10.3. The van der Waals surface area contributed by atoms with Gasteiger partial charge in [0.25, 0.3) is 0 Å². The van der Waals surface area contributed by atoms with E-state index in [1.54, 1.807) is 72.5 Å². The lowest BCUT2D eigenvalue weighted by Gasteiger charge is -2.49. The van der Waals surface area contributed by atoms with E-state index in [1.165, 1.54) is 16.9 Å². The second kappa shape index (κ2) is 15.7. The zero-order valence-corrected chi connectivity index (χ0v) is 38.6. The smallest absolute Gasteiger partial charge is 0.242 e. The van der Waals surface area contributed by atoms with Crippen molar-refractivity contribution in [1.29, 1.82) is 0 Å². The average molecular weight is 929 g/mol. The van der Waals surface area contributed by atoms with Crippen LogP contribution < -0.4 is 19.4 Å². The van der Waals surface area contributed by atoms with Crippen LogP contribution in [0, 0.1) is 36.0 Å². The molecule has 0 spiro atoms. The number of carbonyl (C=O) groups excluding carboxylic acids is 4. The SMILES string of the molecule is COc1cc([C@H]2C3=CC[C@@H]4C(=O)N(c5ccc(N=Nc6ccc(N(C)C)cc6)cc5)C(=O)[C@@H]4[C@@H]3C[C@H]3C(=O)N(c4cc(-c5sc6ccc(Cl)cc6c5C)nn4C)C(=O)[C@@]23C)cc(Cl)c1O. The van der Waals surface area contributed by atoms with Gasteiger partial charge in [0, 0.05) is 48.5 Å². The third kappa shape index (κ3) is 6.59. The van der Waals surface area contributed by atoms with Gasteiger partial charge in [0.15, 0.2) is 11.5 Å². The van der Waals surface area contributed by atoms with Gasteiger partial charge in [-0.25, -0.2) is 4.90 Å². The van der Waals surface area contributed by atoms with Gasteiger partial charge in [0.2, 0.25) is 23.6 Å². The number of anilines is 3. The number of nitrogens with zero attached hydrogens (tertiary/aromatic N) is 7. The molecule has 4 heterocycles. The molecule has 4 aromatic carbocycles. The van der Waals surface area contributed by atoms with Crippen molar-refractivity contribution in [1.82, 2.24) is 9.78 Å². The fourth-order valence-corrected chi connectivity index (χ4v) is 12.1. The molecular formula is C49H43Cl2N7O6S. The van der Waals surface area contributed by atoms with E-state index in [4.69, 9.17) is 33.0 Å². The van der Waals surface area contributed by atoms with E-state index in [9.17, 15) is 14.7 Å². The van der Waals surface area contributed by atoms with Crippen molar-refractivity contribution in [3.8, 4) is 22.1 Å². The molecule has 6 aromatic rings. The van der Waals surface area contributed by atoms with Gasteiger partial charge < -0.3 is 14.7 Å². The number of azo groups is 1. The molecule has 3 fully saturated rings. The summed E-state index contributed by atoms with van der Waals surface area (Å²) in [5, 5.41) is 26.0. The Morgan fingerprint density at radius 2 is 1.57 bits per heavy atom. The number of benzene rings is 4. The Bertz CT molecular complexity index is 3070. The Morgan fingerprint density at radius 3 is 2.25 bits per heavy atom. The molecule has 65 heavy (non-hydrogen) atoms. The minimum atomic E-state index is -1.38. The number of amides is 4. The average Bonchev–Trinajstić information content (AvgIpc) is 3.96. The molecule has 1 N–H and O–H groups in total. The topological polar surface area (TPSA) is 150 Å². The zero-order chi connectivity index (χ0) is 45.8. The van der Waals surface area contributed by atoms with E-state index in [2.05, 4.69) is 10.2 Å². The molecule has 1 saturated carbocycles. The number of halogens is 2. The minimum Gasteiger partial charge on any atom is -0.503 e. The van der Waals surface area contributed by atoms with E-state index in [1.807, 2.05) is 74.5 Å². The number of aromatic hydroxyl groups is 1. The van der Waals surface area contributed by atoms with Crippen LogP contribution in [-0.4, -0.2) is 59.7 Å². The first-order valence-corrected chi connectivity index (χ1v) is 22.7. The summed E-state index contributed by atoms with van der Waals surface area (Å²) in [5.41, 5.74) is 4.16. The van der Waals surface area contributed by atoms with Crippen LogP contribution in [0.1, 0.15) is 36.8 Å². The summed E-state index contributed by atoms with van der Waals surface area (Å²) >= 11 is 14.5. The number of hydrogen-bond acceptors (Lipinski definition) is 11.